The molecule has 0 aliphatic rings. The number of benzene rings is 1. The number of esters is 6. The van der Waals surface area contributed by atoms with E-state index >= 15 is 0 Å². The van der Waals surface area contributed by atoms with Gasteiger partial charge < -0.3 is 55.0 Å². The fourth-order valence-corrected chi connectivity index (χ4v) is 10.2. The van der Waals surface area contributed by atoms with Gasteiger partial charge in [-0.3, -0.25) is 72.1 Å². The number of amides is 5. The molecule has 1 aromatic rings. The summed E-state index contributed by atoms with van der Waals surface area (Å²) in [6.45, 7) is 29.3. The van der Waals surface area contributed by atoms with Crippen LogP contribution in [0.5, 0.6) is 0 Å². The molecule has 0 radical (unpaired) electrons. The van der Waals surface area contributed by atoms with Gasteiger partial charge in [0.25, 0.3) is 0 Å². The molecule has 0 aliphatic heterocycles. The molecule has 5 amide bonds. The largest absolute Gasteiger partial charge is 0.459 e. The van der Waals surface area contributed by atoms with Gasteiger partial charge in [-0.25, -0.2) is 0 Å². The second kappa shape index (κ2) is 45.9. The molecule has 5 N–H and O–H groups in total. The number of rotatable bonds is 47. The van der Waals surface area contributed by atoms with Crippen LogP contribution in [0.4, 0.5) is 0 Å². The SMILES string of the molecule is CC(C)(C)OC(=O)CN(CC(=O)OC(C)(C)C)C(CCCCNC(=O)CCC(NC(=O)CCCCCCNC(=O)CC(NC(=O)CCCCN=[N+]=[N-])C(=O)CCc1ccc(C=O)cc1)C(=O)NCCCCC(C(=O)OC(C)(C)C)N(CC(=O)OC(C)(C)C)CC(=O)OC(C)(C)C)C(=O)OC(C)(C)C. The highest BCUT2D eigenvalue weighted by molar-refractivity contribution is 5.93. The number of ketones is 1. The van der Waals surface area contributed by atoms with Gasteiger partial charge in [-0.2, -0.15) is 0 Å². The normalized spacial score (nSPS) is 13.2. The molecule has 0 fully saturated rings. The van der Waals surface area contributed by atoms with Gasteiger partial charge in [-0.05, 0) is 213 Å². The van der Waals surface area contributed by atoms with Crippen LogP contribution in [0.1, 0.15) is 256 Å². The van der Waals surface area contributed by atoms with Crippen molar-refractivity contribution in [1.82, 2.24) is 36.4 Å². The maximum atomic E-state index is 14.1. The second-order valence-corrected chi connectivity index (χ2v) is 31.6. The minimum absolute atomic E-state index is 0.00496. The molecule has 582 valence electrons. The van der Waals surface area contributed by atoms with Gasteiger partial charge in [0, 0.05) is 62.3 Å². The van der Waals surface area contributed by atoms with Crippen molar-refractivity contribution in [1.29, 1.82) is 0 Å². The third-order valence-corrected chi connectivity index (χ3v) is 14.5. The van der Waals surface area contributed by atoms with Crippen LogP contribution in [0.15, 0.2) is 29.4 Å². The van der Waals surface area contributed by atoms with Crippen LogP contribution in [0.2, 0.25) is 0 Å². The Labute approximate surface area is 609 Å². The molecule has 0 spiro atoms. The number of Topliss-reactive ketones (excluding diaryl/α,β-unsaturated/α-hetero) is 1. The quantitative estimate of drug-likeness (QED) is 0.00774. The van der Waals surface area contributed by atoms with Crippen molar-refractivity contribution >= 4 is 77.4 Å². The van der Waals surface area contributed by atoms with Gasteiger partial charge in [0.2, 0.25) is 29.5 Å². The molecule has 0 bridgehead atoms. The molecule has 0 aliphatic carbocycles. The highest BCUT2D eigenvalue weighted by Crippen LogP contribution is 2.22. The minimum Gasteiger partial charge on any atom is -0.459 e. The first-order chi connectivity index (χ1) is 47.7. The number of aldehydes is 1. The van der Waals surface area contributed by atoms with E-state index < -0.39 is 149 Å². The van der Waals surface area contributed by atoms with E-state index in [1.54, 1.807) is 149 Å². The number of hydrogen-bond acceptors (Lipinski definition) is 22. The molecule has 103 heavy (non-hydrogen) atoms. The average molecular weight is 1460 g/mol. The summed E-state index contributed by atoms with van der Waals surface area (Å²) in [5, 5.41) is 17.4. The van der Waals surface area contributed by atoms with E-state index in [4.69, 9.17) is 34.0 Å². The summed E-state index contributed by atoms with van der Waals surface area (Å²) in [5.74, 6) is -6.86. The van der Waals surface area contributed by atoms with Crippen LogP contribution in [0.25, 0.3) is 10.4 Å². The zero-order valence-corrected chi connectivity index (χ0v) is 64.8. The molecule has 0 saturated heterocycles. The van der Waals surface area contributed by atoms with Crippen molar-refractivity contribution in [3.05, 3.63) is 45.8 Å². The van der Waals surface area contributed by atoms with Gasteiger partial charge in [-0.1, -0.05) is 42.2 Å². The Morgan fingerprint density at radius 1 is 0.437 bits per heavy atom. The Hall–Kier alpha value is -8.04. The van der Waals surface area contributed by atoms with E-state index in [1.807, 2.05) is 0 Å². The highest BCUT2D eigenvalue weighted by atomic mass is 16.6. The van der Waals surface area contributed by atoms with Crippen molar-refractivity contribution in [2.75, 3.05) is 52.4 Å². The highest BCUT2D eigenvalue weighted by Gasteiger charge is 2.37. The van der Waals surface area contributed by atoms with Crippen molar-refractivity contribution in [2.45, 2.75) is 304 Å². The summed E-state index contributed by atoms with van der Waals surface area (Å²) in [6, 6.07) is 2.22. The van der Waals surface area contributed by atoms with Gasteiger partial charge in [0.15, 0.2) is 5.78 Å². The summed E-state index contributed by atoms with van der Waals surface area (Å²) >= 11 is 0. The fraction of sp³-hybridized carbons (Fsp3) is 0.743. The summed E-state index contributed by atoms with van der Waals surface area (Å²) in [7, 11) is 0. The number of ether oxygens (including phenoxy) is 6. The third-order valence-electron chi connectivity index (χ3n) is 14.5. The van der Waals surface area contributed by atoms with Crippen LogP contribution in [-0.4, -0.2) is 197 Å². The maximum Gasteiger partial charge on any atom is 0.323 e. The van der Waals surface area contributed by atoms with Crippen molar-refractivity contribution in [3.63, 3.8) is 0 Å². The number of carbonyl (C=O) groups excluding carboxylic acids is 13. The summed E-state index contributed by atoms with van der Waals surface area (Å²) in [6.07, 6.45) is 4.80. The minimum atomic E-state index is -1.18. The van der Waals surface area contributed by atoms with E-state index in [0.29, 0.717) is 69.6 Å². The molecular formula is C74H122N10O19. The lowest BCUT2D eigenvalue weighted by molar-refractivity contribution is -0.171. The zero-order valence-electron chi connectivity index (χ0n) is 64.8. The van der Waals surface area contributed by atoms with Crippen LogP contribution in [0, 0.1) is 0 Å². The average Bonchev–Trinajstić information content (AvgIpc) is 0.852. The molecular weight excluding hydrogens is 1330 g/mol. The number of azide groups is 1. The molecule has 0 saturated carbocycles. The Bertz CT molecular complexity index is 2900. The fourth-order valence-electron chi connectivity index (χ4n) is 10.2. The molecule has 0 heterocycles. The van der Waals surface area contributed by atoms with E-state index in [0.717, 1.165) is 5.56 Å². The molecule has 4 unspecified atom stereocenters. The van der Waals surface area contributed by atoms with E-state index in [-0.39, 0.29) is 96.2 Å². The van der Waals surface area contributed by atoms with Crippen LogP contribution >= 0.6 is 0 Å². The Morgan fingerprint density at radius 3 is 1.22 bits per heavy atom. The Kier molecular flexibility index (Phi) is 41.5. The first-order valence-corrected chi connectivity index (χ1v) is 36.0. The smallest absolute Gasteiger partial charge is 0.323 e. The number of carbonyl (C=O) groups is 13. The molecule has 29 nitrogen and oxygen atoms in total. The van der Waals surface area contributed by atoms with Gasteiger partial charge >= 0.3 is 35.8 Å². The lowest BCUT2D eigenvalue weighted by Crippen LogP contribution is -2.50. The molecule has 1 rings (SSSR count). The van der Waals surface area contributed by atoms with Crippen LogP contribution < -0.4 is 26.6 Å². The van der Waals surface area contributed by atoms with Crippen molar-refractivity contribution in [2.24, 2.45) is 5.11 Å². The monoisotopic (exact) mass is 1450 g/mol. The predicted molar refractivity (Wildman–Crippen MR) is 386 cm³/mol. The predicted octanol–water partition coefficient (Wildman–Crippen LogP) is 8.65. The summed E-state index contributed by atoms with van der Waals surface area (Å²) in [4.78, 5) is 178. The first-order valence-electron chi connectivity index (χ1n) is 36.0. The molecule has 29 heteroatoms. The van der Waals surface area contributed by atoms with Crippen molar-refractivity contribution < 1.29 is 90.8 Å². The Balaban J connectivity index is 3.31. The van der Waals surface area contributed by atoms with Crippen LogP contribution in [-0.2, 0) is 92.4 Å². The lowest BCUT2D eigenvalue weighted by Gasteiger charge is -2.33. The number of nitrogens with one attached hydrogen (secondary N) is 5. The third kappa shape index (κ3) is 47.8. The number of unbranched alkanes of at least 4 members (excludes halogenated alkanes) is 6. The number of nitrogens with zero attached hydrogens (tertiary/aromatic N) is 5. The first kappa shape index (κ1) is 93.0. The maximum absolute atomic E-state index is 14.1. The van der Waals surface area contributed by atoms with Gasteiger partial charge in [-0.15, -0.1) is 0 Å². The molecule has 1 aromatic carbocycles. The van der Waals surface area contributed by atoms with Gasteiger partial charge in [0.1, 0.15) is 58.0 Å². The summed E-state index contributed by atoms with van der Waals surface area (Å²) < 4.78 is 33.8. The van der Waals surface area contributed by atoms with E-state index in [1.165, 1.54) is 9.80 Å². The molecule has 4 atom stereocenters. The van der Waals surface area contributed by atoms with E-state index in [2.05, 4.69) is 36.6 Å². The second-order valence-electron chi connectivity index (χ2n) is 31.6. The lowest BCUT2D eigenvalue weighted by atomic mass is 10.00. The van der Waals surface area contributed by atoms with Gasteiger partial charge in [0.05, 0.1) is 38.6 Å². The topological polar surface area (TPSA) is 393 Å². The summed E-state index contributed by atoms with van der Waals surface area (Å²) in [5.41, 5.74) is 4.48. The zero-order chi connectivity index (χ0) is 78.4. The molecule has 0 aromatic heterocycles. The Morgan fingerprint density at radius 2 is 0.816 bits per heavy atom. The van der Waals surface area contributed by atoms with E-state index in [9.17, 15) is 62.3 Å². The van der Waals surface area contributed by atoms with Crippen LogP contribution in [0.3, 0.4) is 0 Å². The number of aryl methyl sites for hydroxylation is 1. The standard InChI is InChI=1S/C74H122N10O19/c1-69(2,3)98-62(91)46-83(47-63(92)99-70(4,5)6)55(67(96)102-73(13,14)15)29-22-26-42-76-58(87)40-38-53(66(95)78-43-27-23-30-56(68(97)103-74(16,17)18)84(48-64(93)100-71(7,8)9)49-65(94)101-72(10,11)12)80-59(88)31-21-19-20-25-41-77-61(90)45-54(81-60(89)32-24-28-44-79-82-75)57(86)39-37-51-33-35-52(50-85)36-34-51/h33-36,50,53-56H,19-32,37-49H2,1-18H3,(H,76,87)(H,77,90)(H,78,95)(H,80,88)(H,81,89). The van der Waals surface area contributed by atoms with Crippen molar-refractivity contribution in [3.8, 4) is 0 Å². The number of hydrogen-bond donors (Lipinski definition) is 5.